The lowest BCUT2D eigenvalue weighted by Gasteiger charge is -2.21. The van der Waals surface area contributed by atoms with Crippen LogP contribution in [-0.2, 0) is 12.7 Å². The van der Waals surface area contributed by atoms with Crippen LogP contribution < -0.4 is 4.90 Å². The lowest BCUT2D eigenvalue weighted by Crippen LogP contribution is -2.24. The Morgan fingerprint density at radius 2 is 2.05 bits per heavy atom. The summed E-state index contributed by atoms with van der Waals surface area (Å²) in [5.74, 6) is -0.731. The van der Waals surface area contributed by atoms with Gasteiger partial charge in [0.25, 0.3) is 5.82 Å². The van der Waals surface area contributed by atoms with Crippen LogP contribution in [0.15, 0.2) is 35.1 Å². The third-order valence-electron chi connectivity index (χ3n) is 3.16. The Labute approximate surface area is 123 Å². The van der Waals surface area contributed by atoms with Gasteiger partial charge in [0.2, 0.25) is 0 Å². The molecule has 116 valence electrons. The highest BCUT2D eigenvalue weighted by atomic mass is 19.4. The zero-order valence-electron chi connectivity index (χ0n) is 11.6. The molecule has 0 aliphatic rings. The minimum atomic E-state index is -4.60. The topological polar surface area (TPSA) is 59.5 Å². The van der Waals surface area contributed by atoms with E-state index in [0.717, 1.165) is 5.56 Å². The predicted octanol–water partition coefficient (Wildman–Crippen LogP) is 2.76. The molecule has 0 bridgehead atoms. The quantitative estimate of drug-likeness (QED) is 0.741. The normalized spacial score (nSPS) is 12.0. The second kappa shape index (κ2) is 5.32. The van der Waals surface area contributed by atoms with Crippen LogP contribution in [0.3, 0.4) is 0 Å². The molecule has 6 nitrogen and oxygen atoms in total. The van der Waals surface area contributed by atoms with Crippen LogP contribution in [0.1, 0.15) is 18.3 Å². The first-order valence-electron chi connectivity index (χ1n) is 6.54. The molecular weight excluding hydrogens is 299 g/mol. The van der Waals surface area contributed by atoms with Crippen molar-refractivity contribution < 1.29 is 17.6 Å². The molecule has 0 saturated carbocycles. The number of aromatic nitrogens is 4. The molecule has 0 aliphatic carbocycles. The Morgan fingerprint density at radius 1 is 1.23 bits per heavy atom. The van der Waals surface area contributed by atoms with E-state index in [2.05, 4.69) is 15.3 Å². The van der Waals surface area contributed by atoms with Crippen molar-refractivity contribution in [3.05, 3.63) is 42.1 Å². The van der Waals surface area contributed by atoms with Crippen LogP contribution >= 0.6 is 0 Å². The van der Waals surface area contributed by atoms with Crippen molar-refractivity contribution in [2.45, 2.75) is 19.6 Å². The van der Waals surface area contributed by atoms with Gasteiger partial charge in [0, 0.05) is 18.7 Å². The molecule has 0 saturated heterocycles. The molecule has 0 unspecified atom stereocenters. The van der Waals surface area contributed by atoms with Crippen molar-refractivity contribution >= 4 is 11.5 Å². The van der Waals surface area contributed by atoms with Gasteiger partial charge < -0.3 is 9.32 Å². The van der Waals surface area contributed by atoms with E-state index in [1.54, 1.807) is 24.7 Å². The molecule has 0 spiro atoms. The van der Waals surface area contributed by atoms with E-state index < -0.39 is 12.0 Å². The van der Waals surface area contributed by atoms with Gasteiger partial charge in [-0.05, 0) is 25.1 Å². The first-order chi connectivity index (χ1) is 10.5. The maximum Gasteiger partial charge on any atom is 0.453 e. The highest BCUT2D eigenvalue weighted by molar-refractivity contribution is 5.46. The zero-order valence-corrected chi connectivity index (χ0v) is 11.6. The third kappa shape index (κ3) is 2.61. The average Bonchev–Trinajstić information content (AvgIpc) is 3.12. The molecule has 9 heteroatoms. The number of fused-ring (bicyclic) bond motifs is 1. The van der Waals surface area contributed by atoms with E-state index in [1.165, 1.54) is 6.07 Å². The molecule has 0 N–H and O–H groups in total. The molecule has 0 radical (unpaired) electrons. The van der Waals surface area contributed by atoms with Crippen molar-refractivity contribution in [2.24, 2.45) is 0 Å². The summed E-state index contributed by atoms with van der Waals surface area (Å²) in [4.78, 5) is 1.82. The van der Waals surface area contributed by atoms with Crippen LogP contribution in [-0.4, -0.2) is 26.4 Å². The Balaban J connectivity index is 1.99. The molecule has 3 aromatic heterocycles. The summed E-state index contributed by atoms with van der Waals surface area (Å²) in [7, 11) is 0. The second-order valence-electron chi connectivity index (χ2n) is 4.63. The van der Waals surface area contributed by atoms with Gasteiger partial charge in [0.1, 0.15) is 5.82 Å². The summed E-state index contributed by atoms with van der Waals surface area (Å²) < 4.78 is 44.4. The summed E-state index contributed by atoms with van der Waals surface area (Å²) in [6, 6.07) is 4.87. The van der Waals surface area contributed by atoms with Crippen molar-refractivity contribution in [3.63, 3.8) is 0 Å². The van der Waals surface area contributed by atoms with Crippen LogP contribution in [0.5, 0.6) is 0 Å². The SMILES string of the molecule is CCN(Cc1ccoc1)c1ccc2nnc(C(F)(F)F)n2n1. The molecule has 0 amide bonds. The second-order valence-corrected chi connectivity index (χ2v) is 4.63. The number of nitrogens with zero attached hydrogens (tertiary/aromatic N) is 5. The van der Waals surface area contributed by atoms with Crippen molar-refractivity contribution in [1.29, 1.82) is 0 Å². The molecule has 3 rings (SSSR count). The molecule has 3 heterocycles. The number of hydrogen-bond donors (Lipinski definition) is 0. The minimum Gasteiger partial charge on any atom is -0.472 e. The van der Waals surface area contributed by atoms with E-state index in [-0.39, 0.29) is 5.65 Å². The summed E-state index contributed by atoms with van der Waals surface area (Å²) >= 11 is 0. The Bertz CT molecular complexity index is 766. The maximum atomic E-state index is 12.9. The van der Waals surface area contributed by atoms with Gasteiger partial charge >= 0.3 is 6.18 Å². The Hall–Kier alpha value is -2.58. The first kappa shape index (κ1) is 14.4. The molecule has 22 heavy (non-hydrogen) atoms. The Morgan fingerprint density at radius 3 is 2.68 bits per heavy atom. The van der Waals surface area contributed by atoms with E-state index in [9.17, 15) is 13.2 Å². The summed E-state index contributed by atoms with van der Waals surface area (Å²) in [5, 5.41) is 10.7. The number of furan rings is 1. The van der Waals surface area contributed by atoms with Gasteiger partial charge in [-0.15, -0.1) is 15.3 Å². The highest BCUT2D eigenvalue weighted by Crippen LogP contribution is 2.28. The molecule has 0 atom stereocenters. The number of hydrogen-bond acceptors (Lipinski definition) is 5. The number of alkyl halides is 3. The van der Waals surface area contributed by atoms with Gasteiger partial charge in [-0.2, -0.15) is 17.7 Å². The van der Waals surface area contributed by atoms with E-state index in [4.69, 9.17) is 4.42 Å². The zero-order chi connectivity index (χ0) is 15.7. The number of rotatable bonds is 4. The molecule has 0 fully saturated rings. The molecule has 3 aromatic rings. The average molecular weight is 311 g/mol. The van der Waals surface area contributed by atoms with Gasteiger partial charge in [-0.1, -0.05) is 0 Å². The van der Waals surface area contributed by atoms with Crippen LogP contribution in [0.25, 0.3) is 5.65 Å². The number of anilines is 1. The standard InChI is InChI=1S/C13H12F3N5O/c1-2-20(7-9-5-6-22-8-9)11-4-3-10-17-18-12(13(14,15)16)21(10)19-11/h3-6,8H,2,7H2,1H3. The third-order valence-corrected chi connectivity index (χ3v) is 3.16. The fourth-order valence-corrected chi connectivity index (χ4v) is 2.08. The highest BCUT2D eigenvalue weighted by Gasteiger charge is 2.37. The van der Waals surface area contributed by atoms with Crippen LogP contribution in [0, 0.1) is 0 Å². The first-order valence-corrected chi connectivity index (χ1v) is 6.54. The largest absolute Gasteiger partial charge is 0.472 e. The van der Waals surface area contributed by atoms with E-state index in [1.807, 2.05) is 11.8 Å². The van der Waals surface area contributed by atoms with Crippen molar-refractivity contribution in [1.82, 2.24) is 19.8 Å². The van der Waals surface area contributed by atoms with Gasteiger partial charge in [-0.3, -0.25) is 0 Å². The monoisotopic (exact) mass is 311 g/mol. The van der Waals surface area contributed by atoms with Crippen molar-refractivity contribution in [3.8, 4) is 0 Å². The van der Waals surface area contributed by atoms with Crippen LogP contribution in [0.4, 0.5) is 19.0 Å². The fourth-order valence-electron chi connectivity index (χ4n) is 2.08. The van der Waals surface area contributed by atoms with Gasteiger partial charge in [0.15, 0.2) is 5.65 Å². The minimum absolute atomic E-state index is 0.0513. The van der Waals surface area contributed by atoms with E-state index in [0.29, 0.717) is 23.4 Å². The van der Waals surface area contributed by atoms with Gasteiger partial charge in [-0.25, -0.2) is 0 Å². The lowest BCUT2D eigenvalue weighted by atomic mass is 10.3. The van der Waals surface area contributed by atoms with Gasteiger partial charge in [0.05, 0.1) is 12.5 Å². The molecule has 0 aliphatic heterocycles. The summed E-state index contributed by atoms with van der Waals surface area (Å²) in [6.45, 7) is 2.95. The lowest BCUT2D eigenvalue weighted by molar-refractivity contribution is -0.146. The fraction of sp³-hybridized carbons (Fsp3) is 0.308. The smallest absolute Gasteiger partial charge is 0.453 e. The molecule has 0 aromatic carbocycles. The summed E-state index contributed by atoms with van der Waals surface area (Å²) in [6.07, 6.45) is -1.48. The maximum absolute atomic E-state index is 12.9. The van der Waals surface area contributed by atoms with E-state index >= 15 is 0 Å². The van der Waals surface area contributed by atoms with Crippen molar-refractivity contribution in [2.75, 3.05) is 11.4 Å². The molecular formula is C13H12F3N5O. The van der Waals surface area contributed by atoms with Crippen LogP contribution in [0.2, 0.25) is 0 Å². The number of halogens is 3. The summed E-state index contributed by atoms with van der Waals surface area (Å²) in [5.41, 5.74) is 0.957. The Kier molecular flexibility index (Phi) is 3.47. The predicted molar refractivity (Wildman–Crippen MR) is 71.2 cm³/mol.